The first-order valence-electron chi connectivity index (χ1n) is 5.41. The molecule has 2 rings (SSSR count). The van der Waals surface area contributed by atoms with Crippen LogP contribution >= 0.6 is 0 Å². The number of aromatic nitrogens is 1. The lowest BCUT2D eigenvalue weighted by molar-refractivity contribution is 0.0951. The van der Waals surface area contributed by atoms with Gasteiger partial charge in [0.2, 0.25) is 0 Å². The molecule has 17 heavy (non-hydrogen) atoms. The zero-order valence-electron chi connectivity index (χ0n) is 9.53. The van der Waals surface area contributed by atoms with Gasteiger partial charge in [0.25, 0.3) is 5.91 Å². The van der Waals surface area contributed by atoms with Gasteiger partial charge in [-0.15, -0.1) is 0 Å². The molecule has 1 aromatic heterocycles. The van der Waals surface area contributed by atoms with E-state index < -0.39 is 0 Å². The molecule has 0 bridgehead atoms. The number of amides is 1. The van der Waals surface area contributed by atoms with E-state index in [1.54, 1.807) is 6.07 Å². The van der Waals surface area contributed by atoms with Gasteiger partial charge in [-0.25, -0.2) is 4.98 Å². The molecule has 0 spiro atoms. The lowest BCUT2D eigenvalue weighted by Crippen LogP contribution is -2.24. The number of hydrogen-bond acceptors (Lipinski definition) is 4. The van der Waals surface area contributed by atoms with Gasteiger partial charge in [0.15, 0.2) is 0 Å². The molecule has 1 heterocycles. The van der Waals surface area contributed by atoms with Crippen molar-refractivity contribution < 1.29 is 4.79 Å². The zero-order chi connectivity index (χ0) is 12.3. The normalized spacial score (nSPS) is 10.2. The molecule has 0 atom stereocenters. The van der Waals surface area contributed by atoms with Gasteiger partial charge in [-0.2, -0.15) is 0 Å². The number of carbonyl (C=O) groups excluding carboxylic acids is 1. The van der Waals surface area contributed by atoms with Crippen LogP contribution in [0.2, 0.25) is 0 Å². The third-order valence-electron chi connectivity index (χ3n) is 2.44. The van der Waals surface area contributed by atoms with E-state index in [0.29, 0.717) is 17.9 Å². The molecule has 5 heteroatoms. The van der Waals surface area contributed by atoms with Gasteiger partial charge >= 0.3 is 0 Å². The Kier molecular flexibility index (Phi) is 3.20. The van der Waals surface area contributed by atoms with Gasteiger partial charge in [0.1, 0.15) is 5.69 Å². The number of nitrogens with one attached hydrogen (secondary N) is 2. The number of hydrogen-bond donors (Lipinski definition) is 3. The van der Waals surface area contributed by atoms with Crippen LogP contribution in [-0.4, -0.2) is 17.4 Å². The molecule has 5 nitrogen and oxygen atoms in total. The second kappa shape index (κ2) is 4.80. The number of nitrogens with two attached hydrogens (primary N) is 1. The molecule has 0 aliphatic carbocycles. The number of nitrogen functional groups attached to an aromatic ring is 1. The maximum Gasteiger partial charge on any atom is 0.269 e. The van der Waals surface area contributed by atoms with Crippen molar-refractivity contribution in [3.05, 3.63) is 36.0 Å². The van der Waals surface area contributed by atoms with E-state index in [4.69, 9.17) is 5.84 Å². The summed E-state index contributed by atoms with van der Waals surface area (Å²) in [6, 6.07) is 9.17. The fraction of sp³-hybridized carbons (Fsp3) is 0.167. The van der Waals surface area contributed by atoms with Gasteiger partial charge < -0.3 is 10.7 Å². The Morgan fingerprint density at radius 3 is 2.88 bits per heavy atom. The van der Waals surface area contributed by atoms with Gasteiger partial charge in [-0.05, 0) is 19.1 Å². The highest BCUT2D eigenvalue weighted by Crippen LogP contribution is 2.21. The van der Waals surface area contributed by atoms with Crippen molar-refractivity contribution in [1.82, 2.24) is 10.3 Å². The predicted molar refractivity (Wildman–Crippen MR) is 67.6 cm³/mol. The Labute approximate surface area is 99.0 Å². The second-order valence-corrected chi connectivity index (χ2v) is 3.58. The van der Waals surface area contributed by atoms with E-state index in [1.165, 1.54) is 0 Å². The van der Waals surface area contributed by atoms with Crippen LogP contribution in [-0.2, 0) is 0 Å². The van der Waals surface area contributed by atoms with Crippen LogP contribution in [0.15, 0.2) is 30.3 Å². The predicted octanol–water partition coefficient (Wildman–Crippen LogP) is 1.27. The largest absolute Gasteiger partial charge is 0.351 e. The highest BCUT2D eigenvalue weighted by atomic mass is 16.1. The van der Waals surface area contributed by atoms with Crippen molar-refractivity contribution in [2.75, 3.05) is 12.0 Å². The number of nitrogens with zero attached hydrogens (tertiary/aromatic N) is 1. The minimum absolute atomic E-state index is 0.199. The SMILES string of the molecule is CCNC(=O)c1cc(NN)c2ccccc2n1. The molecule has 0 unspecified atom stereocenters. The lowest BCUT2D eigenvalue weighted by Gasteiger charge is -2.08. The number of carbonyl (C=O) groups is 1. The number of rotatable bonds is 3. The van der Waals surface area contributed by atoms with E-state index in [-0.39, 0.29) is 5.91 Å². The van der Waals surface area contributed by atoms with E-state index in [9.17, 15) is 4.79 Å². The topological polar surface area (TPSA) is 80.0 Å². The van der Waals surface area contributed by atoms with Crippen molar-refractivity contribution in [1.29, 1.82) is 0 Å². The van der Waals surface area contributed by atoms with Crippen molar-refractivity contribution in [2.45, 2.75) is 6.92 Å². The smallest absolute Gasteiger partial charge is 0.269 e. The van der Waals surface area contributed by atoms with Crippen LogP contribution in [0.25, 0.3) is 10.9 Å². The number of hydrazine groups is 1. The fourth-order valence-corrected chi connectivity index (χ4v) is 1.66. The summed E-state index contributed by atoms with van der Waals surface area (Å²) in [7, 11) is 0. The summed E-state index contributed by atoms with van der Waals surface area (Å²) in [5.41, 5.74) is 4.38. The molecular formula is C12H14N4O. The first kappa shape index (κ1) is 11.3. The van der Waals surface area contributed by atoms with E-state index >= 15 is 0 Å². The molecule has 2 aromatic rings. The molecule has 0 aliphatic rings. The maximum atomic E-state index is 11.7. The molecule has 0 aliphatic heterocycles. The summed E-state index contributed by atoms with van der Waals surface area (Å²) in [5, 5.41) is 3.60. The van der Waals surface area contributed by atoms with Gasteiger partial charge in [-0.1, -0.05) is 18.2 Å². The van der Waals surface area contributed by atoms with E-state index in [0.717, 1.165) is 10.9 Å². The Morgan fingerprint density at radius 2 is 2.18 bits per heavy atom. The average Bonchev–Trinajstić information content (AvgIpc) is 2.37. The summed E-state index contributed by atoms with van der Waals surface area (Å²) in [6.07, 6.45) is 0. The summed E-state index contributed by atoms with van der Waals surface area (Å²) >= 11 is 0. The average molecular weight is 230 g/mol. The maximum absolute atomic E-state index is 11.7. The summed E-state index contributed by atoms with van der Waals surface area (Å²) in [5.74, 6) is 5.25. The number of benzene rings is 1. The molecule has 0 saturated heterocycles. The zero-order valence-corrected chi connectivity index (χ0v) is 9.53. The Morgan fingerprint density at radius 1 is 1.41 bits per heavy atom. The number of anilines is 1. The number of fused-ring (bicyclic) bond motifs is 1. The van der Waals surface area contributed by atoms with Crippen LogP contribution in [0.4, 0.5) is 5.69 Å². The first-order chi connectivity index (χ1) is 8.26. The van der Waals surface area contributed by atoms with Crippen LogP contribution in [0, 0.1) is 0 Å². The second-order valence-electron chi connectivity index (χ2n) is 3.58. The van der Waals surface area contributed by atoms with Crippen LogP contribution in [0.5, 0.6) is 0 Å². The summed E-state index contributed by atoms with van der Waals surface area (Å²) in [4.78, 5) is 16.0. The minimum atomic E-state index is -0.199. The van der Waals surface area contributed by atoms with E-state index in [2.05, 4.69) is 15.7 Å². The minimum Gasteiger partial charge on any atom is -0.351 e. The fourth-order valence-electron chi connectivity index (χ4n) is 1.66. The van der Waals surface area contributed by atoms with Crippen molar-refractivity contribution in [3.8, 4) is 0 Å². The highest BCUT2D eigenvalue weighted by Gasteiger charge is 2.10. The molecule has 0 fully saturated rings. The number of pyridine rings is 1. The summed E-state index contributed by atoms with van der Waals surface area (Å²) < 4.78 is 0. The van der Waals surface area contributed by atoms with Crippen molar-refractivity contribution in [2.24, 2.45) is 5.84 Å². The van der Waals surface area contributed by atoms with Crippen LogP contribution in [0.1, 0.15) is 17.4 Å². The van der Waals surface area contributed by atoms with E-state index in [1.807, 2.05) is 31.2 Å². The quantitative estimate of drug-likeness (QED) is 0.548. The standard InChI is InChI=1S/C12H14N4O/c1-2-14-12(17)11-7-10(16-13)8-5-3-4-6-9(8)15-11/h3-7H,2,13H2,1H3,(H,14,17)(H,15,16). The molecule has 88 valence electrons. The van der Waals surface area contributed by atoms with Gasteiger partial charge in [0.05, 0.1) is 11.2 Å². The molecule has 4 N–H and O–H groups in total. The molecule has 0 radical (unpaired) electrons. The Balaban J connectivity index is 2.56. The lowest BCUT2D eigenvalue weighted by atomic mass is 10.1. The third kappa shape index (κ3) is 2.19. The number of para-hydroxylation sites is 1. The summed E-state index contributed by atoms with van der Waals surface area (Å²) in [6.45, 7) is 2.43. The van der Waals surface area contributed by atoms with Crippen molar-refractivity contribution >= 4 is 22.5 Å². The molecular weight excluding hydrogens is 216 g/mol. The van der Waals surface area contributed by atoms with Crippen molar-refractivity contribution in [3.63, 3.8) is 0 Å². The van der Waals surface area contributed by atoms with Crippen LogP contribution < -0.4 is 16.6 Å². The first-order valence-corrected chi connectivity index (χ1v) is 5.41. The Bertz CT molecular complexity index is 553. The highest BCUT2D eigenvalue weighted by molar-refractivity contribution is 5.99. The molecule has 1 aromatic carbocycles. The van der Waals surface area contributed by atoms with Crippen LogP contribution in [0.3, 0.4) is 0 Å². The monoisotopic (exact) mass is 230 g/mol. The van der Waals surface area contributed by atoms with Gasteiger partial charge in [-0.3, -0.25) is 10.6 Å². The molecule has 0 saturated carbocycles. The molecule has 1 amide bonds. The van der Waals surface area contributed by atoms with Gasteiger partial charge in [0, 0.05) is 11.9 Å². The Hall–Kier alpha value is -2.14. The third-order valence-corrected chi connectivity index (χ3v) is 2.44.